The molecule has 1 saturated carbocycles. The highest BCUT2D eigenvalue weighted by molar-refractivity contribution is 7.89. The molecule has 2 aliphatic rings. The van der Waals surface area contributed by atoms with Crippen LogP contribution in [0.25, 0.3) is 11.8 Å². The maximum Gasteiger partial charge on any atom is 0.404 e. The largest absolute Gasteiger partial charge is 0.404 e. The van der Waals surface area contributed by atoms with E-state index in [1.54, 1.807) is 6.07 Å². The molecular formula is C28H29F4N3O2S. The fourth-order valence-corrected chi connectivity index (χ4v) is 7.21. The third kappa shape index (κ3) is 5.29. The Hall–Kier alpha value is -2.98. The number of aromatic nitrogens is 2. The second-order valence-electron chi connectivity index (χ2n) is 10.4. The van der Waals surface area contributed by atoms with E-state index < -0.39 is 33.2 Å². The number of para-hydroxylation sites is 1. The van der Waals surface area contributed by atoms with Gasteiger partial charge in [0, 0.05) is 13.1 Å². The van der Waals surface area contributed by atoms with Crippen molar-refractivity contribution in [2.24, 2.45) is 11.3 Å². The molecule has 1 fully saturated rings. The van der Waals surface area contributed by atoms with Crippen LogP contribution in [-0.4, -0.2) is 47.5 Å². The molecule has 0 unspecified atom stereocenters. The van der Waals surface area contributed by atoms with E-state index >= 15 is 0 Å². The van der Waals surface area contributed by atoms with Gasteiger partial charge in [0.05, 0.1) is 17.6 Å². The lowest BCUT2D eigenvalue weighted by Crippen LogP contribution is -2.44. The minimum Gasteiger partial charge on any atom is -0.233 e. The highest BCUT2D eigenvalue weighted by Crippen LogP contribution is 2.53. The molecule has 5 nitrogen and oxygen atoms in total. The Balaban J connectivity index is 1.41. The number of fused-ring (bicyclic) bond motifs is 2. The summed E-state index contributed by atoms with van der Waals surface area (Å²) in [6.07, 6.45) is 1.03. The van der Waals surface area contributed by atoms with Crippen LogP contribution in [0.15, 0.2) is 66.4 Å². The average Bonchev–Trinajstić information content (AvgIpc) is 3.39. The summed E-state index contributed by atoms with van der Waals surface area (Å²) in [6.45, 7) is 1.79. The molecule has 202 valence electrons. The lowest BCUT2D eigenvalue weighted by Gasteiger charge is -2.38. The third-order valence-electron chi connectivity index (χ3n) is 7.90. The number of rotatable bonds is 8. The first-order valence-corrected chi connectivity index (χ1v) is 14.2. The number of hydrogen-bond acceptors (Lipinski definition) is 3. The molecule has 10 heteroatoms. The predicted octanol–water partition coefficient (Wildman–Crippen LogP) is 5.80. The number of allylic oxidation sites excluding steroid dienone is 1. The zero-order valence-electron chi connectivity index (χ0n) is 21.0. The standard InChI is InChI=1S/C28H29F4N3O2S/c1-27-16-21-17-33-35(24-8-3-2-4-9-24)26(21)15-22(27)11-12-23(27)18-34(38(36,37)19-28(30,31)32)14-13-20-7-5-6-10-25(20)29/h2-10,15,17,23H,11-14,16,18-19H2,1H3/t23-,27+/m1/s1. The van der Waals surface area contributed by atoms with Crippen LogP contribution in [0.1, 0.15) is 36.6 Å². The maximum atomic E-state index is 14.2. The van der Waals surface area contributed by atoms with Crippen molar-refractivity contribution in [3.8, 4) is 5.69 Å². The molecule has 0 saturated heterocycles. The van der Waals surface area contributed by atoms with Crippen molar-refractivity contribution in [1.82, 2.24) is 14.1 Å². The second kappa shape index (κ2) is 9.96. The monoisotopic (exact) mass is 547 g/mol. The Labute approximate surface area is 219 Å². The topological polar surface area (TPSA) is 55.2 Å². The zero-order chi connectivity index (χ0) is 27.1. The quantitative estimate of drug-likeness (QED) is 0.335. The van der Waals surface area contributed by atoms with Crippen LogP contribution in [0.4, 0.5) is 17.6 Å². The summed E-state index contributed by atoms with van der Waals surface area (Å²) >= 11 is 0. The smallest absolute Gasteiger partial charge is 0.233 e. The van der Waals surface area contributed by atoms with Crippen LogP contribution < -0.4 is 0 Å². The van der Waals surface area contributed by atoms with Crippen LogP contribution in [-0.2, 0) is 22.9 Å². The number of benzene rings is 2. The van der Waals surface area contributed by atoms with Crippen LogP contribution >= 0.6 is 0 Å². The Bertz CT molecular complexity index is 1450. The number of sulfonamides is 1. The normalized spacial score (nSPS) is 21.3. The number of alkyl halides is 3. The van der Waals surface area contributed by atoms with Gasteiger partial charge in [0.15, 0.2) is 5.75 Å². The van der Waals surface area contributed by atoms with Gasteiger partial charge in [0.1, 0.15) is 5.82 Å². The van der Waals surface area contributed by atoms with Gasteiger partial charge >= 0.3 is 6.18 Å². The van der Waals surface area contributed by atoms with Crippen molar-refractivity contribution in [2.75, 3.05) is 18.8 Å². The summed E-state index contributed by atoms with van der Waals surface area (Å²) in [6, 6.07) is 15.7. The fourth-order valence-electron chi connectivity index (χ4n) is 5.84. The van der Waals surface area contributed by atoms with Gasteiger partial charge < -0.3 is 0 Å². The molecule has 2 aliphatic carbocycles. The van der Waals surface area contributed by atoms with E-state index in [-0.39, 0.29) is 31.0 Å². The summed E-state index contributed by atoms with van der Waals surface area (Å²) in [5.74, 6) is -2.63. The predicted molar refractivity (Wildman–Crippen MR) is 138 cm³/mol. The van der Waals surface area contributed by atoms with E-state index in [1.807, 2.05) is 41.2 Å². The van der Waals surface area contributed by atoms with Gasteiger partial charge in [0.25, 0.3) is 0 Å². The van der Waals surface area contributed by atoms with Gasteiger partial charge in [-0.05, 0) is 72.4 Å². The Morgan fingerprint density at radius 2 is 1.82 bits per heavy atom. The summed E-state index contributed by atoms with van der Waals surface area (Å²) in [5, 5.41) is 4.57. The van der Waals surface area contributed by atoms with Gasteiger partial charge in [-0.2, -0.15) is 18.3 Å². The van der Waals surface area contributed by atoms with E-state index in [1.165, 1.54) is 18.2 Å². The van der Waals surface area contributed by atoms with Crippen molar-refractivity contribution in [3.63, 3.8) is 0 Å². The van der Waals surface area contributed by atoms with Crippen molar-refractivity contribution in [2.45, 2.75) is 38.8 Å². The molecule has 0 spiro atoms. The van der Waals surface area contributed by atoms with Crippen LogP contribution in [0, 0.1) is 17.2 Å². The molecule has 5 rings (SSSR count). The highest BCUT2D eigenvalue weighted by atomic mass is 32.2. The lowest BCUT2D eigenvalue weighted by molar-refractivity contribution is -0.107. The van der Waals surface area contributed by atoms with Gasteiger partial charge in [-0.15, -0.1) is 0 Å². The molecule has 3 aromatic rings. The molecule has 0 radical (unpaired) electrons. The Morgan fingerprint density at radius 3 is 2.53 bits per heavy atom. The van der Waals surface area contributed by atoms with Crippen molar-refractivity contribution in [1.29, 1.82) is 0 Å². The summed E-state index contributed by atoms with van der Waals surface area (Å²) in [5.41, 5.74) is 3.93. The van der Waals surface area contributed by atoms with E-state index in [4.69, 9.17) is 0 Å². The molecule has 2 atom stereocenters. The summed E-state index contributed by atoms with van der Waals surface area (Å²) in [7, 11) is -4.66. The fraction of sp³-hybridized carbons (Fsp3) is 0.393. The molecule has 38 heavy (non-hydrogen) atoms. The van der Waals surface area contributed by atoms with Crippen molar-refractivity contribution < 1.29 is 26.0 Å². The highest BCUT2D eigenvalue weighted by Gasteiger charge is 2.48. The zero-order valence-corrected chi connectivity index (χ0v) is 21.8. The van der Waals surface area contributed by atoms with Crippen molar-refractivity contribution >= 4 is 16.1 Å². The first-order valence-electron chi connectivity index (χ1n) is 12.6. The van der Waals surface area contributed by atoms with Gasteiger partial charge in [-0.3, -0.25) is 0 Å². The van der Waals surface area contributed by atoms with Crippen LogP contribution in [0.5, 0.6) is 0 Å². The van der Waals surface area contributed by atoms with E-state index in [0.29, 0.717) is 12.8 Å². The van der Waals surface area contributed by atoms with Gasteiger partial charge in [0.2, 0.25) is 10.0 Å². The van der Waals surface area contributed by atoms with Crippen LogP contribution in [0.2, 0.25) is 0 Å². The minimum absolute atomic E-state index is 0.0100. The molecule has 0 bridgehead atoms. The maximum absolute atomic E-state index is 14.2. The molecule has 2 aromatic carbocycles. The molecule has 1 heterocycles. The number of nitrogens with zero attached hydrogens (tertiary/aromatic N) is 3. The summed E-state index contributed by atoms with van der Waals surface area (Å²) in [4.78, 5) is 0. The van der Waals surface area contributed by atoms with Gasteiger partial charge in [-0.1, -0.05) is 48.9 Å². The molecular weight excluding hydrogens is 518 g/mol. The first kappa shape index (κ1) is 26.6. The van der Waals surface area contributed by atoms with Crippen LogP contribution in [0.3, 0.4) is 0 Å². The Kier molecular flexibility index (Phi) is 6.98. The third-order valence-corrected chi connectivity index (χ3v) is 9.71. The van der Waals surface area contributed by atoms with E-state index in [9.17, 15) is 26.0 Å². The minimum atomic E-state index is -4.87. The molecule has 0 N–H and O–H groups in total. The molecule has 1 aromatic heterocycles. The summed E-state index contributed by atoms with van der Waals surface area (Å²) < 4.78 is 82.6. The SMILES string of the molecule is C[C@]12Cc3cnn(-c4ccccc4)c3C=C1CC[C@@H]2CN(CCc1ccccc1F)S(=O)(=O)CC(F)(F)F. The first-order chi connectivity index (χ1) is 18.0. The van der Waals surface area contributed by atoms with Gasteiger partial charge in [-0.25, -0.2) is 21.8 Å². The van der Waals surface area contributed by atoms with E-state index in [2.05, 4.69) is 18.1 Å². The number of halogens is 4. The number of hydrogen-bond donors (Lipinski definition) is 0. The van der Waals surface area contributed by atoms with Crippen molar-refractivity contribution in [3.05, 3.63) is 89.0 Å². The lowest BCUT2D eigenvalue weighted by atomic mass is 9.70. The Morgan fingerprint density at radius 1 is 1.11 bits per heavy atom. The average molecular weight is 548 g/mol. The van der Waals surface area contributed by atoms with E-state index in [0.717, 1.165) is 33.2 Å². The molecule has 0 amide bonds. The second-order valence-corrected chi connectivity index (χ2v) is 12.3. The molecule has 0 aliphatic heterocycles.